The molecule has 0 aromatic rings. The Bertz CT molecular complexity index is 492. The Labute approximate surface area is 192 Å². The maximum absolute atomic E-state index is 10.6. The van der Waals surface area contributed by atoms with Crippen LogP contribution in [0.15, 0.2) is 0 Å². The zero-order valence-electron chi connectivity index (χ0n) is 20.7. The second kappa shape index (κ2) is 15.2. The Kier molecular flexibility index (Phi) is 13.8. The average Bonchev–Trinajstić information content (AvgIpc) is 3.43. The SMILES string of the molecule is CC[C@H]1OC(OC(C)=O)C[C@@H]1C.CC[C@H]1OC(OC)C[C@@H]1C.COC1C[C@H](O)[C@@H](CO)O1. The van der Waals surface area contributed by atoms with Crippen LogP contribution in [0.3, 0.4) is 0 Å². The average molecular weight is 465 g/mol. The number of aliphatic hydroxyl groups excluding tert-OH is 2. The highest BCUT2D eigenvalue weighted by molar-refractivity contribution is 5.66. The molecule has 9 nitrogen and oxygen atoms in total. The molecule has 3 fully saturated rings. The Hall–Kier alpha value is -0.810. The number of esters is 1. The molecule has 0 amide bonds. The van der Waals surface area contributed by atoms with Gasteiger partial charge in [-0.25, -0.2) is 0 Å². The summed E-state index contributed by atoms with van der Waals surface area (Å²) < 4.78 is 31.0. The van der Waals surface area contributed by atoms with Gasteiger partial charge in [0.05, 0.1) is 24.9 Å². The predicted molar refractivity (Wildman–Crippen MR) is 118 cm³/mol. The van der Waals surface area contributed by atoms with Gasteiger partial charge in [0.2, 0.25) is 6.29 Å². The van der Waals surface area contributed by atoms with Gasteiger partial charge in [-0.2, -0.15) is 0 Å². The van der Waals surface area contributed by atoms with Crippen molar-refractivity contribution >= 4 is 5.97 Å². The quantitative estimate of drug-likeness (QED) is 0.573. The van der Waals surface area contributed by atoms with Gasteiger partial charge in [0.25, 0.3) is 0 Å². The van der Waals surface area contributed by atoms with Gasteiger partial charge in [0.15, 0.2) is 12.6 Å². The van der Waals surface area contributed by atoms with Gasteiger partial charge in [-0.1, -0.05) is 27.7 Å². The van der Waals surface area contributed by atoms with E-state index in [2.05, 4.69) is 27.7 Å². The van der Waals surface area contributed by atoms with Crippen LogP contribution < -0.4 is 0 Å². The van der Waals surface area contributed by atoms with Crippen LogP contribution in [0.2, 0.25) is 0 Å². The molecule has 0 saturated carbocycles. The van der Waals surface area contributed by atoms with Crippen molar-refractivity contribution in [3.63, 3.8) is 0 Å². The summed E-state index contributed by atoms with van der Waals surface area (Å²) in [5.41, 5.74) is 0. The minimum absolute atomic E-state index is 0.0555. The molecule has 0 aliphatic carbocycles. The highest BCUT2D eigenvalue weighted by atomic mass is 16.7. The molecule has 3 aliphatic rings. The van der Waals surface area contributed by atoms with Crippen molar-refractivity contribution in [3.05, 3.63) is 0 Å². The number of carbonyl (C=O) groups excluding carboxylic acids is 1. The minimum Gasteiger partial charge on any atom is -0.436 e. The summed E-state index contributed by atoms with van der Waals surface area (Å²) in [6, 6.07) is 0. The third-order valence-electron chi connectivity index (χ3n) is 6.05. The first-order chi connectivity index (χ1) is 15.2. The van der Waals surface area contributed by atoms with Crippen LogP contribution in [0.4, 0.5) is 0 Å². The fourth-order valence-electron chi connectivity index (χ4n) is 4.10. The lowest BCUT2D eigenvalue weighted by atomic mass is 10.0. The van der Waals surface area contributed by atoms with Gasteiger partial charge in [0.1, 0.15) is 6.10 Å². The monoisotopic (exact) mass is 464 g/mol. The molecule has 0 radical (unpaired) electrons. The van der Waals surface area contributed by atoms with Crippen LogP contribution in [-0.2, 0) is 33.2 Å². The second-order valence-electron chi connectivity index (χ2n) is 8.62. The fourth-order valence-corrected chi connectivity index (χ4v) is 4.10. The maximum atomic E-state index is 10.6. The summed E-state index contributed by atoms with van der Waals surface area (Å²) in [7, 11) is 3.21. The van der Waals surface area contributed by atoms with Gasteiger partial charge in [-0.3, -0.25) is 4.79 Å². The molecule has 9 atom stereocenters. The van der Waals surface area contributed by atoms with Crippen molar-refractivity contribution in [1.29, 1.82) is 0 Å². The first kappa shape index (κ1) is 29.2. The highest BCUT2D eigenvalue weighted by Crippen LogP contribution is 2.29. The van der Waals surface area contributed by atoms with E-state index in [4.69, 9.17) is 38.6 Å². The van der Waals surface area contributed by atoms with Crippen LogP contribution in [0.1, 0.15) is 66.7 Å². The van der Waals surface area contributed by atoms with E-state index in [9.17, 15) is 4.79 Å². The van der Waals surface area contributed by atoms with Crippen molar-refractivity contribution in [2.45, 2.75) is 110 Å². The summed E-state index contributed by atoms with van der Waals surface area (Å²) >= 11 is 0. The number of aliphatic hydroxyl groups is 2. The highest BCUT2D eigenvalue weighted by Gasteiger charge is 2.33. The first-order valence-corrected chi connectivity index (χ1v) is 11.7. The number of rotatable bonds is 6. The Morgan fingerprint density at radius 1 is 0.844 bits per heavy atom. The van der Waals surface area contributed by atoms with Crippen molar-refractivity contribution in [2.75, 3.05) is 20.8 Å². The number of methoxy groups -OCH3 is 2. The fraction of sp³-hybridized carbons (Fsp3) is 0.957. The summed E-state index contributed by atoms with van der Waals surface area (Å²) in [5.74, 6) is 0.901. The number of hydrogen-bond acceptors (Lipinski definition) is 9. The molecule has 3 saturated heterocycles. The molecule has 2 N–H and O–H groups in total. The smallest absolute Gasteiger partial charge is 0.304 e. The van der Waals surface area contributed by atoms with E-state index in [1.807, 2.05) is 0 Å². The van der Waals surface area contributed by atoms with Crippen molar-refractivity contribution < 1.29 is 43.4 Å². The van der Waals surface area contributed by atoms with E-state index in [-0.39, 0.29) is 37.6 Å². The number of carbonyl (C=O) groups is 1. The summed E-state index contributed by atoms with van der Waals surface area (Å²) in [4.78, 5) is 10.6. The van der Waals surface area contributed by atoms with Gasteiger partial charge in [-0.05, 0) is 24.7 Å². The molecule has 3 rings (SSSR count). The summed E-state index contributed by atoms with van der Waals surface area (Å²) in [6.45, 7) is 9.83. The van der Waals surface area contributed by atoms with Gasteiger partial charge < -0.3 is 38.6 Å². The second-order valence-corrected chi connectivity index (χ2v) is 8.62. The zero-order chi connectivity index (χ0) is 24.3. The normalized spacial score (nSPS) is 38.5. The Morgan fingerprint density at radius 2 is 1.28 bits per heavy atom. The van der Waals surface area contributed by atoms with Crippen LogP contribution >= 0.6 is 0 Å². The van der Waals surface area contributed by atoms with E-state index in [1.54, 1.807) is 7.11 Å². The zero-order valence-corrected chi connectivity index (χ0v) is 20.7. The van der Waals surface area contributed by atoms with Crippen molar-refractivity contribution in [3.8, 4) is 0 Å². The lowest BCUT2D eigenvalue weighted by Crippen LogP contribution is -2.24. The van der Waals surface area contributed by atoms with E-state index >= 15 is 0 Å². The molecule has 9 heteroatoms. The third-order valence-corrected chi connectivity index (χ3v) is 6.05. The predicted octanol–water partition coefficient (Wildman–Crippen LogP) is 2.61. The van der Waals surface area contributed by atoms with Crippen LogP contribution in [0.5, 0.6) is 0 Å². The molecule has 0 spiro atoms. The summed E-state index contributed by atoms with van der Waals surface area (Å²) in [5, 5.41) is 17.7. The minimum atomic E-state index is -0.588. The molecular formula is C23H44O9. The molecule has 0 bridgehead atoms. The van der Waals surface area contributed by atoms with E-state index in [0.717, 1.165) is 25.7 Å². The molecule has 190 valence electrons. The van der Waals surface area contributed by atoms with Crippen LogP contribution in [-0.4, -0.2) is 80.3 Å². The van der Waals surface area contributed by atoms with Crippen LogP contribution in [0, 0.1) is 11.8 Å². The maximum Gasteiger partial charge on any atom is 0.304 e. The van der Waals surface area contributed by atoms with Crippen molar-refractivity contribution in [1.82, 2.24) is 0 Å². The molecule has 0 aromatic heterocycles. The molecule has 3 aliphatic heterocycles. The molecule has 3 unspecified atom stereocenters. The Balaban J connectivity index is 0.000000241. The van der Waals surface area contributed by atoms with Gasteiger partial charge in [-0.15, -0.1) is 0 Å². The Morgan fingerprint density at radius 3 is 1.59 bits per heavy atom. The van der Waals surface area contributed by atoms with E-state index in [1.165, 1.54) is 14.0 Å². The largest absolute Gasteiger partial charge is 0.436 e. The van der Waals surface area contributed by atoms with Crippen LogP contribution in [0.25, 0.3) is 0 Å². The molecule has 0 aromatic carbocycles. The molecule has 3 heterocycles. The standard InChI is InChI=1S/C9H16O3.C8H16O2.C6H12O4/c1-4-8-6(2)5-9(12-8)11-7(3)10;1-4-7-6(2)5-8(9-3)10-7;1-9-6-2-4(8)5(3-7)10-6/h6,8-9H,4-5H2,1-3H3;6-8H,4-5H2,1-3H3;4-8H,2-3H2,1H3/t6-,8+,9?;6-,7+,8?;4-,5+,6?/m000/s1. The lowest BCUT2D eigenvalue weighted by molar-refractivity contribution is -0.172. The van der Waals surface area contributed by atoms with Crippen molar-refractivity contribution in [2.24, 2.45) is 11.8 Å². The lowest BCUT2D eigenvalue weighted by Gasteiger charge is -2.12. The topological polar surface area (TPSA) is 113 Å². The van der Waals surface area contributed by atoms with Gasteiger partial charge >= 0.3 is 5.97 Å². The van der Waals surface area contributed by atoms with Gasteiger partial charge in [0, 0.05) is 40.4 Å². The number of ether oxygens (including phenoxy) is 6. The van der Waals surface area contributed by atoms with E-state index < -0.39 is 12.2 Å². The van der Waals surface area contributed by atoms with E-state index in [0.29, 0.717) is 24.4 Å². The first-order valence-electron chi connectivity index (χ1n) is 11.7. The third kappa shape index (κ3) is 9.59. The molecule has 32 heavy (non-hydrogen) atoms. The number of hydrogen-bond donors (Lipinski definition) is 2. The summed E-state index contributed by atoms with van der Waals surface area (Å²) in [6.07, 6.45) is 3.43. The molecular weight excluding hydrogens is 420 g/mol.